The summed E-state index contributed by atoms with van der Waals surface area (Å²) in [5.41, 5.74) is 1.36. The molecular weight excluding hydrogens is 152 g/mol. The zero-order valence-corrected chi connectivity index (χ0v) is 7.11. The normalized spacial score (nSPS) is 20.9. The minimum absolute atomic E-state index is 0.184. The third kappa shape index (κ3) is 1.81. The minimum Gasteiger partial charge on any atom is -0.491 e. The molecule has 0 bridgehead atoms. The van der Waals surface area contributed by atoms with Gasteiger partial charge in [-0.15, -0.1) is 0 Å². The second-order valence-electron chi connectivity index (χ2n) is 2.81. The average molecular weight is 164 g/mol. The maximum Gasteiger partial charge on any atom is 0.146 e. The largest absolute Gasteiger partial charge is 0.491 e. The quantitative estimate of drug-likeness (QED) is 0.611. The highest BCUT2D eigenvalue weighted by atomic mass is 16.5. The van der Waals surface area contributed by atoms with Crippen molar-refractivity contribution in [2.24, 2.45) is 0 Å². The van der Waals surface area contributed by atoms with E-state index in [-0.39, 0.29) is 5.71 Å². The van der Waals surface area contributed by atoms with E-state index in [1.165, 1.54) is 0 Å². The summed E-state index contributed by atoms with van der Waals surface area (Å²) in [5, 5.41) is 14.9. The Bertz CT molecular complexity index is 276. The van der Waals surface area contributed by atoms with Crippen LogP contribution in [0.4, 0.5) is 0 Å². The first-order valence-corrected chi connectivity index (χ1v) is 3.78. The number of rotatable bonds is 1. The zero-order valence-electron chi connectivity index (χ0n) is 7.11. The molecule has 0 aromatic carbocycles. The van der Waals surface area contributed by atoms with Gasteiger partial charge in [0, 0.05) is 6.42 Å². The molecule has 0 aromatic heterocycles. The molecule has 3 heteroatoms. The Balaban J connectivity index is 2.84. The molecule has 1 aliphatic heterocycles. The van der Waals surface area contributed by atoms with Crippen molar-refractivity contribution in [3.8, 4) is 0 Å². The summed E-state index contributed by atoms with van der Waals surface area (Å²) in [6, 6.07) is 0. The third-order valence-corrected chi connectivity index (χ3v) is 1.54. The van der Waals surface area contributed by atoms with Crippen molar-refractivity contribution < 1.29 is 4.74 Å². The van der Waals surface area contributed by atoms with Gasteiger partial charge in [-0.3, -0.25) is 5.41 Å². The minimum atomic E-state index is 0.184. The van der Waals surface area contributed by atoms with Crippen LogP contribution in [-0.4, -0.2) is 18.0 Å². The molecule has 0 amide bonds. The van der Waals surface area contributed by atoms with Crippen molar-refractivity contribution in [2.45, 2.75) is 13.3 Å². The van der Waals surface area contributed by atoms with E-state index in [1.54, 1.807) is 6.08 Å². The van der Waals surface area contributed by atoms with Crippen molar-refractivity contribution in [1.29, 1.82) is 10.8 Å². The van der Waals surface area contributed by atoms with Gasteiger partial charge in [0.05, 0.1) is 12.3 Å². The molecule has 3 nitrogen and oxygen atoms in total. The zero-order chi connectivity index (χ0) is 9.14. The number of allylic oxidation sites excluding steroid dienone is 3. The predicted octanol–water partition coefficient (Wildman–Crippen LogP) is 1.91. The first-order valence-electron chi connectivity index (χ1n) is 3.78. The van der Waals surface area contributed by atoms with Crippen molar-refractivity contribution in [3.05, 3.63) is 24.0 Å². The van der Waals surface area contributed by atoms with Gasteiger partial charge < -0.3 is 10.1 Å². The Labute approximate surface area is 71.8 Å². The van der Waals surface area contributed by atoms with Crippen molar-refractivity contribution in [2.75, 3.05) is 6.61 Å². The average Bonchev–Trinajstić information content (AvgIpc) is 1.98. The Hall–Kier alpha value is -1.38. The summed E-state index contributed by atoms with van der Waals surface area (Å²) in [6.07, 6.45) is 2.22. The molecule has 0 unspecified atom stereocenters. The van der Waals surface area contributed by atoms with Crippen LogP contribution in [0.2, 0.25) is 0 Å². The van der Waals surface area contributed by atoms with E-state index in [0.717, 1.165) is 5.57 Å². The van der Waals surface area contributed by atoms with Crippen LogP contribution in [0, 0.1) is 10.8 Å². The summed E-state index contributed by atoms with van der Waals surface area (Å²) >= 11 is 0. The maximum atomic E-state index is 7.49. The maximum absolute atomic E-state index is 7.49. The van der Waals surface area contributed by atoms with Crippen LogP contribution in [0.25, 0.3) is 0 Å². The third-order valence-electron chi connectivity index (χ3n) is 1.54. The fourth-order valence-electron chi connectivity index (χ4n) is 0.947. The molecule has 0 aliphatic carbocycles. The highest BCUT2D eigenvalue weighted by Gasteiger charge is 2.17. The molecule has 0 atom stereocenters. The van der Waals surface area contributed by atoms with Gasteiger partial charge in [0.1, 0.15) is 11.5 Å². The molecule has 0 aromatic rings. The first kappa shape index (κ1) is 8.71. The van der Waals surface area contributed by atoms with Gasteiger partial charge in [0.15, 0.2) is 0 Å². The van der Waals surface area contributed by atoms with Crippen molar-refractivity contribution in [1.82, 2.24) is 0 Å². The molecule has 12 heavy (non-hydrogen) atoms. The second-order valence-corrected chi connectivity index (χ2v) is 2.81. The van der Waals surface area contributed by atoms with E-state index in [0.29, 0.717) is 24.5 Å². The fourth-order valence-corrected chi connectivity index (χ4v) is 0.947. The monoisotopic (exact) mass is 164 g/mol. The van der Waals surface area contributed by atoms with Gasteiger partial charge in [-0.2, -0.15) is 0 Å². The number of hydrogen-bond acceptors (Lipinski definition) is 3. The summed E-state index contributed by atoms with van der Waals surface area (Å²) in [6.45, 7) is 6.02. The van der Waals surface area contributed by atoms with Crippen LogP contribution < -0.4 is 0 Å². The number of hydrogen-bond donors (Lipinski definition) is 2. The highest BCUT2D eigenvalue weighted by molar-refractivity contribution is 6.46. The molecule has 1 heterocycles. The van der Waals surface area contributed by atoms with Crippen molar-refractivity contribution >= 4 is 11.4 Å². The second kappa shape index (κ2) is 3.34. The summed E-state index contributed by atoms with van der Waals surface area (Å²) < 4.78 is 5.21. The molecule has 1 aliphatic rings. The molecule has 0 radical (unpaired) electrons. The van der Waals surface area contributed by atoms with Gasteiger partial charge >= 0.3 is 0 Å². The molecule has 0 spiro atoms. The summed E-state index contributed by atoms with van der Waals surface area (Å²) in [5.74, 6) is 0.471. The number of ether oxygens (including phenoxy) is 1. The van der Waals surface area contributed by atoms with Crippen molar-refractivity contribution in [3.63, 3.8) is 0 Å². The lowest BCUT2D eigenvalue weighted by Crippen LogP contribution is -2.24. The molecule has 1 fully saturated rings. The van der Waals surface area contributed by atoms with Gasteiger partial charge in [-0.1, -0.05) is 12.2 Å². The Kier molecular flexibility index (Phi) is 2.43. The van der Waals surface area contributed by atoms with E-state index >= 15 is 0 Å². The summed E-state index contributed by atoms with van der Waals surface area (Å²) in [4.78, 5) is 0. The van der Waals surface area contributed by atoms with E-state index in [4.69, 9.17) is 15.6 Å². The van der Waals surface area contributed by atoms with Crippen LogP contribution >= 0.6 is 0 Å². The number of nitrogens with one attached hydrogen (secondary N) is 2. The van der Waals surface area contributed by atoms with Crippen LogP contribution in [0.3, 0.4) is 0 Å². The standard InChI is InChI=1S/C9H12N2O/c1-6(2)5-8-9(11)7(10)3-4-12-8/h5,10-11H,1,3-4H2,2H3/b8-5+,10-7?,11-9?. The Morgan fingerprint density at radius 3 is 2.83 bits per heavy atom. The van der Waals surface area contributed by atoms with E-state index < -0.39 is 0 Å². The lowest BCUT2D eigenvalue weighted by Gasteiger charge is -2.17. The van der Waals surface area contributed by atoms with Crippen LogP contribution in [0.5, 0.6) is 0 Å². The van der Waals surface area contributed by atoms with Gasteiger partial charge in [0.25, 0.3) is 0 Å². The van der Waals surface area contributed by atoms with Crippen LogP contribution in [-0.2, 0) is 4.74 Å². The van der Waals surface area contributed by atoms with Crippen LogP contribution in [0.1, 0.15) is 13.3 Å². The van der Waals surface area contributed by atoms with Gasteiger partial charge in [0.2, 0.25) is 0 Å². The van der Waals surface area contributed by atoms with Gasteiger partial charge in [-0.05, 0) is 13.0 Å². The topological polar surface area (TPSA) is 56.9 Å². The lowest BCUT2D eigenvalue weighted by atomic mass is 10.1. The molecule has 1 saturated heterocycles. The van der Waals surface area contributed by atoms with Crippen LogP contribution in [0.15, 0.2) is 24.0 Å². The highest BCUT2D eigenvalue weighted by Crippen LogP contribution is 2.12. The lowest BCUT2D eigenvalue weighted by molar-refractivity contribution is 0.235. The first-order chi connectivity index (χ1) is 5.61. The van der Waals surface area contributed by atoms with E-state index in [1.807, 2.05) is 6.92 Å². The molecule has 2 N–H and O–H groups in total. The summed E-state index contributed by atoms with van der Waals surface area (Å²) in [7, 11) is 0. The SMILES string of the molecule is C=C(C)/C=C1/OCCC(=N)C1=N. The Morgan fingerprint density at radius 2 is 2.25 bits per heavy atom. The van der Waals surface area contributed by atoms with Gasteiger partial charge in [-0.25, -0.2) is 0 Å². The van der Waals surface area contributed by atoms with E-state index in [2.05, 4.69) is 6.58 Å². The predicted molar refractivity (Wildman–Crippen MR) is 48.9 cm³/mol. The molecular formula is C9H12N2O. The van der Waals surface area contributed by atoms with E-state index in [9.17, 15) is 0 Å². The molecule has 1 rings (SSSR count). The Morgan fingerprint density at radius 1 is 1.58 bits per heavy atom. The smallest absolute Gasteiger partial charge is 0.146 e. The fraction of sp³-hybridized carbons (Fsp3) is 0.333. The molecule has 64 valence electrons. The molecule has 0 saturated carbocycles.